The quantitative estimate of drug-likeness (QED) is 0.125. The van der Waals surface area contributed by atoms with E-state index in [0.717, 1.165) is 18.2 Å². The van der Waals surface area contributed by atoms with Crippen LogP contribution in [0, 0.1) is 0 Å². The molecule has 3 aromatic carbocycles. The molecule has 1 aliphatic rings. The van der Waals surface area contributed by atoms with Crippen molar-refractivity contribution in [1.82, 2.24) is 0 Å². The zero-order valence-corrected chi connectivity index (χ0v) is 16.8. The SMILES string of the molecule is Nc1c(S(=O)(=O)O)cc(Nc2ccc(O)c(C(=O)O)c2)c2c1C(=O)c1ccccc1C2=O.[NaH]. The van der Waals surface area contributed by atoms with Crippen molar-refractivity contribution in [2.24, 2.45) is 0 Å². The monoisotopic (exact) mass is 478 g/mol. The summed E-state index contributed by atoms with van der Waals surface area (Å²) in [4.78, 5) is 36.8. The molecule has 0 unspecified atom stereocenters. The van der Waals surface area contributed by atoms with Crippen LogP contribution in [0.3, 0.4) is 0 Å². The van der Waals surface area contributed by atoms with Gasteiger partial charge in [0.15, 0.2) is 11.6 Å². The predicted octanol–water partition coefficient (Wildman–Crippen LogP) is 1.79. The van der Waals surface area contributed by atoms with Gasteiger partial charge in [-0.05, 0) is 24.3 Å². The standard InChI is InChI=1S/C21H14N2O8S.Na.H/c22-18-15(32(29,30)31)8-13(23-9-5-6-14(24)12(7-9)21(27)28)16-17(18)20(26)11-4-2-1-3-10(11)19(16)25;;/h1-8,23-24H,22H2,(H,27,28)(H,29,30,31);;. The number of rotatable bonds is 4. The van der Waals surface area contributed by atoms with Gasteiger partial charge < -0.3 is 21.3 Å². The molecule has 0 saturated heterocycles. The summed E-state index contributed by atoms with van der Waals surface area (Å²) in [7, 11) is -4.89. The number of anilines is 3. The number of carboxylic acids is 1. The van der Waals surface area contributed by atoms with Gasteiger partial charge in [0.2, 0.25) is 0 Å². The summed E-state index contributed by atoms with van der Waals surface area (Å²) in [6.07, 6.45) is 0. The molecule has 0 heterocycles. The molecule has 0 atom stereocenters. The Labute approximate surface area is 209 Å². The number of benzene rings is 3. The molecule has 6 N–H and O–H groups in total. The van der Waals surface area contributed by atoms with E-state index in [1.165, 1.54) is 24.3 Å². The topological polar surface area (TPSA) is 184 Å². The fourth-order valence-electron chi connectivity index (χ4n) is 3.55. The molecule has 0 spiro atoms. The molecule has 164 valence electrons. The Bertz CT molecular complexity index is 1470. The van der Waals surface area contributed by atoms with Gasteiger partial charge in [0.05, 0.1) is 22.5 Å². The molecular formula is C21H15N2NaO8S. The predicted molar refractivity (Wildman–Crippen MR) is 119 cm³/mol. The Kier molecular flexibility index (Phi) is 6.37. The first kappa shape index (κ1) is 24.4. The minimum atomic E-state index is -4.89. The molecule has 0 saturated carbocycles. The summed E-state index contributed by atoms with van der Waals surface area (Å²) >= 11 is 0. The van der Waals surface area contributed by atoms with Gasteiger partial charge in [-0.1, -0.05) is 24.3 Å². The van der Waals surface area contributed by atoms with Crippen LogP contribution in [0.2, 0.25) is 0 Å². The zero-order valence-electron chi connectivity index (χ0n) is 16.0. The summed E-state index contributed by atoms with van der Waals surface area (Å²) < 4.78 is 33.4. The number of nitrogens with two attached hydrogens (primary N) is 1. The van der Waals surface area contributed by atoms with Crippen LogP contribution in [-0.2, 0) is 10.1 Å². The number of carbonyl (C=O) groups excluding carboxylic acids is 2. The average molecular weight is 478 g/mol. The van der Waals surface area contributed by atoms with Crippen LogP contribution in [-0.4, -0.2) is 70.3 Å². The fourth-order valence-corrected chi connectivity index (χ4v) is 4.19. The van der Waals surface area contributed by atoms with Gasteiger partial charge in [-0.25, -0.2) is 4.79 Å². The van der Waals surface area contributed by atoms with E-state index in [2.05, 4.69) is 5.32 Å². The second-order valence-corrected chi connectivity index (χ2v) is 8.32. The Balaban J connectivity index is 0.00000306. The maximum absolute atomic E-state index is 13.2. The third kappa shape index (κ3) is 4.12. The second kappa shape index (κ2) is 8.61. The van der Waals surface area contributed by atoms with E-state index in [9.17, 15) is 37.6 Å². The molecule has 0 aromatic heterocycles. The number of carbonyl (C=O) groups is 3. The van der Waals surface area contributed by atoms with Gasteiger partial charge in [-0.3, -0.25) is 14.1 Å². The molecule has 0 fully saturated rings. The Morgan fingerprint density at radius 2 is 1.52 bits per heavy atom. The van der Waals surface area contributed by atoms with Gasteiger partial charge in [-0.2, -0.15) is 8.42 Å². The summed E-state index contributed by atoms with van der Waals surface area (Å²) in [5.41, 5.74) is 4.18. The van der Waals surface area contributed by atoms with Crippen molar-refractivity contribution in [3.63, 3.8) is 0 Å². The minimum absolute atomic E-state index is 0. The van der Waals surface area contributed by atoms with Crippen LogP contribution in [0.15, 0.2) is 53.4 Å². The van der Waals surface area contributed by atoms with Crippen molar-refractivity contribution in [3.8, 4) is 5.75 Å². The number of nitrogen functional groups attached to an aromatic ring is 1. The molecule has 33 heavy (non-hydrogen) atoms. The van der Waals surface area contributed by atoms with Crippen molar-refractivity contribution in [1.29, 1.82) is 0 Å². The zero-order chi connectivity index (χ0) is 23.4. The van der Waals surface area contributed by atoms with Gasteiger partial charge in [-0.15, -0.1) is 0 Å². The van der Waals surface area contributed by atoms with E-state index >= 15 is 0 Å². The number of aromatic hydroxyl groups is 1. The summed E-state index contributed by atoms with van der Waals surface area (Å²) in [5.74, 6) is -3.27. The van der Waals surface area contributed by atoms with E-state index in [1.54, 1.807) is 6.07 Å². The third-order valence-corrected chi connectivity index (χ3v) is 5.88. The number of phenols is 1. The third-order valence-electron chi connectivity index (χ3n) is 4.98. The molecule has 0 aliphatic heterocycles. The first-order chi connectivity index (χ1) is 15.0. The molecule has 12 heteroatoms. The molecular weight excluding hydrogens is 463 g/mol. The van der Waals surface area contributed by atoms with Gasteiger partial charge in [0, 0.05) is 16.8 Å². The molecule has 1 aliphatic carbocycles. The van der Waals surface area contributed by atoms with Crippen LogP contribution in [0.1, 0.15) is 42.2 Å². The number of nitrogens with one attached hydrogen (secondary N) is 1. The number of aromatic carboxylic acids is 1. The molecule has 3 aromatic rings. The number of hydrogen-bond donors (Lipinski definition) is 5. The van der Waals surface area contributed by atoms with Crippen LogP contribution < -0.4 is 11.1 Å². The summed E-state index contributed by atoms with van der Waals surface area (Å²) in [5, 5.41) is 21.6. The first-order valence-electron chi connectivity index (χ1n) is 8.96. The maximum atomic E-state index is 13.2. The molecule has 10 nitrogen and oxygen atoms in total. The average Bonchev–Trinajstić information content (AvgIpc) is 2.73. The van der Waals surface area contributed by atoms with Crippen molar-refractivity contribution >= 4 is 74.3 Å². The van der Waals surface area contributed by atoms with Crippen LogP contribution in [0.25, 0.3) is 0 Å². The Morgan fingerprint density at radius 1 is 0.939 bits per heavy atom. The van der Waals surface area contributed by atoms with Gasteiger partial charge in [0.25, 0.3) is 10.1 Å². The number of hydrogen-bond acceptors (Lipinski definition) is 8. The molecule has 4 rings (SSSR count). The van der Waals surface area contributed by atoms with E-state index < -0.39 is 55.1 Å². The first-order valence-corrected chi connectivity index (χ1v) is 10.4. The van der Waals surface area contributed by atoms with E-state index in [-0.39, 0.29) is 57.6 Å². The number of fused-ring (bicyclic) bond motifs is 2. The normalized spacial score (nSPS) is 12.4. The second-order valence-electron chi connectivity index (χ2n) is 6.93. The summed E-state index contributed by atoms with van der Waals surface area (Å²) in [6.45, 7) is 0. The van der Waals surface area contributed by atoms with Crippen molar-refractivity contribution in [3.05, 3.63) is 76.3 Å². The Morgan fingerprint density at radius 3 is 2.06 bits per heavy atom. The van der Waals surface area contributed by atoms with Crippen molar-refractivity contribution < 1.29 is 37.6 Å². The van der Waals surface area contributed by atoms with Crippen molar-refractivity contribution in [2.75, 3.05) is 11.1 Å². The van der Waals surface area contributed by atoms with Gasteiger partial charge in [0.1, 0.15) is 16.2 Å². The summed E-state index contributed by atoms with van der Waals surface area (Å²) in [6, 6.07) is 10.2. The number of ketones is 2. The van der Waals surface area contributed by atoms with Crippen molar-refractivity contribution in [2.45, 2.75) is 4.90 Å². The van der Waals surface area contributed by atoms with E-state index in [1.807, 2.05) is 0 Å². The number of carboxylic acid groups (broad SMARTS) is 1. The van der Waals surface area contributed by atoms with Crippen LogP contribution in [0.5, 0.6) is 5.75 Å². The Hall–Kier alpha value is -3.22. The van der Waals surface area contributed by atoms with Crippen LogP contribution in [0.4, 0.5) is 17.1 Å². The van der Waals surface area contributed by atoms with Gasteiger partial charge >= 0.3 is 35.5 Å². The fraction of sp³-hybridized carbons (Fsp3) is 0. The molecule has 0 radical (unpaired) electrons. The molecule has 0 bridgehead atoms. The van der Waals surface area contributed by atoms with Crippen LogP contribution >= 0.6 is 0 Å². The van der Waals surface area contributed by atoms with E-state index in [0.29, 0.717) is 0 Å². The van der Waals surface area contributed by atoms with E-state index in [4.69, 9.17) is 5.73 Å². The molecule has 0 amide bonds.